The quantitative estimate of drug-likeness (QED) is 0.544. The van der Waals surface area contributed by atoms with Crippen LogP contribution in [-0.2, 0) is 9.53 Å². The highest BCUT2D eigenvalue weighted by Gasteiger charge is 1.95. The number of hydrogen-bond acceptors (Lipinski definition) is 2. The number of carbonyl (C=O) groups excluding carboxylic acids is 1. The van der Waals surface area contributed by atoms with Crippen molar-refractivity contribution in [2.24, 2.45) is 0 Å². The standard InChI is InChI=1S/C6H11O2/c1-6(8-2)4-3-5-7/h6H,3-4H2,1-2H3. The van der Waals surface area contributed by atoms with Crippen molar-refractivity contribution in [1.82, 2.24) is 0 Å². The van der Waals surface area contributed by atoms with Gasteiger partial charge < -0.3 is 4.74 Å². The number of rotatable bonds is 4. The maximum absolute atomic E-state index is 9.64. The highest BCUT2D eigenvalue weighted by atomic mass is 16.5. The lowest BCUT2D eigenvalue weighted by Crippen LogP contribution is -2.03. The molecule has 0 rings (SSSR count). The third-order valence-electron chi connectivity index (χ3n) is 1.06. The maximum atomic E-state index is 9.64. The molecule has 1 radical (unpaired) electrons. The van der Waals surface area contributed by atoms with E-state index in [1.54, 1.807) is 13.4 Å². The van der Waals surface area contributed by atoms with Crippen LogP contribution in [0.4, 0.5) is 0 Å². The fraction of sp³-hybridized carbons (Fsp3) is 0.833. The van der Waals surface area contributed by atoms with Crippen molar-refractivity contribution in [2.45, 2.75) is 25.9 Å². The van der Waals surface area contributed by atoms with Gasteiger partial charge in [-0.05, 0) is 13.3 Å². The van der Waals surface area contributed by atoms with Crippen LogP contribution < -0.4 is 0 Å². The van der Waals surface area contributed by atoms with E-state index in [9.17, 15) is 4.79 Å². The zero-order chi connectivity index (χ0) is 6.41. The summed E-state index contributed by atoms with van der Waals surface area (Å²) in [4.78, 5) is 9.64. The summed E-state index contributed by atoms with van der Waals surface area (Å²) in [6.45, 7) is 1.93. The molecule has 0 amide bonds. The van der Waals surface area contributed by atoms with Gasteiger partial charge in [0, 0.05) is 13.5 Å². The average molecular weight is 115 g/mol. The van der Waals surface area contributed by atoms with Crippen molar-refractivity contribution >= 4 is 6.29 Å². The van der Waals surface area contributed by atoms with Crippen LogP contribution in [-0.4, -0.2) is 19.5 Å². The maximum Gasteiger partial charge on any atom is 0.198 e. The molecule has 0 N–H and O–H groups in total. The van der Waals surface area contributed by atoms with Crippen molar-refractivity contribution in [1.29, 1.82) is 0 Å². The lowest BCUT2D eigenvalue weighted by Gasteiger charge is -2.03. The van der Waals surface area contributed by atoms with Crippen molar-refractivity contribution in [3.8, 4) is 0 Å². The van der Waals surface area contributed by atoms with Gasteiger partial charge in [-0.3, -0.25) is 4.79 Å². The van der Waals surface area contributed by atoms with E-state index >= 15 is 0 Å². The lowest BCUT2D eigenvalue weighted by molar-refractivity contribution is 0.112. The summed E-state index contributed by atoms with van der Waals surface area (Å²) in [5.74, 6) is 0. The van der Waals surface area contributed by atoms with Gasteiger partial charge in [-0.25, -0.2) is 0 Å². The molecule has 1 atom stereocenters. The first-order valence-corrected chi connectivity index (χ1v) is 2.69. The van der Waals surface area contributed by atoms with E-state index in [2.05, 4.69) is 0 Å². The van der Waals surface area contributed by atoms with E-state index in [1.807, 2.05) is 6.92 Å². The molecule has 0 aliphatic rings. The largest absolute Gasteiger partial charge is 0.382 e. The van der Waals surface area contributed by atoms with Gasteiger partial charge in [0.2, 0.25) is 0 Å². The Morgan fingerprint density at radius 3 is 2.75 bits per heavy atom. The minimum atomic E-state index is 0.191. The third kappa shape index (κ3) is 3.81. The van der Waals surface area contributed by atoms with E-state index in [1.165, 1.54) is 0 Å². The molecule has 0 spiro atoms. The van der Waals surface area contributed by atoms with E-state index in [-0.39, 0.29) is 6.10 Å². The van der Waals surface area contributed by atoms with Gasteiger partial charge in [-0.15, -0.1) is 0 Å². The molecule has 0 heterocycles. The Morgan fingerprint density at radius 1 is 1.75 bits per heavy atom. The Balaban J connectivity index is 2.97. The molecule has 2 heteroatoms. The van der Waals surface area contributed by atoms with Gasteiger partial charge in [0.25, 0.3) is 0 Å². The minimum absolute atomic E-state index is 0.191. The highest BCUT2D eigenvalue weighted by Crippen LogP contribution is 1.96. The molecule has 0 saturated heterocycles. The second-order valence-electron chi connectivity index (χ2n) is 1.73. The smallest absolute Gasteiger partial charge is 0.198 e. The van der Waals surface area contributed by atoms with Gasteiger partial charge in [0.1, 0.15) is 0 Å². The predicted octanol–water partition coefficient (Wildman–Crippen LogP) is 0.911. The molecule has 0 bridgehead atoms. The summed E-state index contributed by atoms with van der Waals surface area (Å²) in [5.41, 5.74) is 0. The normalized spacial score (nSPS) is 13.2. The summed E-state index contributed by atoms with van der Waals surface area (Å²) in [5, 5.41) is 0. The predicted molar refractivity (Wildman–Crippen MR) is 31.4 cm³/mol. The summed E-state index contributed by atoms with van der Waals surface area (Å²) >= 11 is 0. The Kier molecular flexibility index (Phi) is 4.56. The fourth-order valence-corrected chi connectivity index (χ4v) is 0.380. The van der Waals surface area contributed by atoms with Crippen molar-refractivity contribution in [3.63, 3.8) is 0 Å². The van der Waals surface area contributed by atoms with Crippen LogP contribution in [0.5, 0.6) is 0 Å². The molecule has 0 aromatic rings. The van der Waals surface area contributed by atoms with Gasteiger partial charge in [-0.1, -0.05) is 0 Å². The molecule has 1 unspecified atom stereocenters. The fourth-order valence-electron chi connectivity index (χ4n) is 0.380. The first kappa shape index (κ1) is 7.63. The van der Waals surface area contributed by atoms with E-state index in [0.717, 1.165) is 6.42 Å². The Hall–Kier alpha value is -0.370. The van der Waals surface area contributed by atoms with Crippen LogP contribution in [0.1, 0.15) is 19.8 Å². The van der Waals surface area contributed by atoms with Crippen LogP contribution >= 0.6 is 0 Å². The second-order valence-corrected chi connectivity index (χ2v) is 1.73. The summed E-state index contributed by atoms with van der Waals surface area (Å²) in [6.07, 6.45) is 3.25. The second kappa shape index (κ2) is 4.78. The summed E-state index contributed by atoms with van der Waals surface area (Å²) < 4.78 is 4.87. The third-order valence-corrected chi connectivity index (χ3v) is 1.06. The molecule has 0 aliphatic carbocycles. The monoisotopic (exact) mass is 115 g/mol. The topological polar surface area (TPSA) is 26.3 Å². The molecular formula is C6H11O2. The first-order chi connectivity index (χ1) is 3.81. The number of methoxy groups -OCH3 is 1. The zero-order valence-corrected chi connectivity index (χ0v) is 5.31. The van der Waals surface area contributed by atoms with E-state index < -0.39 is 0 Å². The molecule has 0 aromatic carbocycles. The van der Waals surface area contributed by atoms with Gasteiger partial charge >= 0.3 is 0 Å². The molecule has 2 nitrogen and oxygen atoms in total. The van der Waals surface area contributed by atoms with Gasteiger partial charge in [0.15, 0.2) is 6.29 Å². The molecule has 8 heavy (non-hydrogen) atoms. The Morgan fingerprint density at radius 2 is 2.38 bits per heavy atom. The average Bonchev–Trinajstić information content (AvgIpc) is 1.83. The molecular weight excluding hydrogens is 104 g/mol. The van der Waals surface area contributed by atoms with Crippen molar-refractivity contribution < 1.29 is 9.53 Å². The Labute approximate surface area is 49.8 Å². The van der Waals surface area contributed by atoms with E-state index in [4.69, 9.17) is 4.74 Å². The number of hydrogen-bond donors (Lipinski definition) is 0. The van der Waals surface area contributed by atoms with Crippen LogP contribution in [0, 0.1) is 0 Å². The highest BCUT2D eigenvalue weighted by molar-refractivity contribution is 5.50. The lowest BCUT2D eigenvalue weighted by atomic mass is 10.2. The Bertz CT molecular complexity index is 61.5. The van der Waals surface area contributed by atoms with Gasteiger partial charge in [0.05, 0.1) is 6.10 Å². The van der Waals surface area contributed by atoms with E-state index in [0.29, 0.717) is 6.42 Å². The van der Waals surface area contributed by atoms with Crippen LogP contribution in [0.2, 0.25) is 0 Å². The van der Waals surface area contributed by atoms with Crippen LogP contribution in [0.15, 0.2) is 0 Å². The summed E-state index contributed by atoms with van der Waals surface area (Å²) in [7, 11) is 1.63. The zero-order valence-electron chi connectivity index (χ0n) is 5.31. The van der Waals surface area contributed by atoms with Crippen LogP contribution in [0.3, 0.4) is 0 Å². The molecule has 0 aliphatic heterocycles. The summed E-state index contributed by atoms with van der Waals surface area (Å²) in [6, 6.07) is 0. The number of ether oxygens (including phenoxy) is 1. The first-order valence-electron chi connectivity index (χ1n) is 2.69. The SMILES string of the molecule is COC(C)CC[C]=O. The van der Waals surface area contributed by atoms with Gasteiger partial charge in [-0.2, -0.15) is 0 Å². The minimum Gasteiger partial charge on any atom is -0.382 e. The molecule has 0 saturated carbocycles. The molecule has 47 valence electrons. The van der Waals surface area contributed by atoms with Crippen LogP contribution in [0.25, 0.3) is 0 Å². The van der Waals surface area contributed by atoms with Crippen molar-refractivity contribution in [2.75, 3.05) is 7.11 Å². The molecule has 0 fully saturated rings. The molecule has 0 aromatic heterocycles. The van der Waals surface area contributed by atoms with Crippen molar-refractivity contribution in [3.05, 3.63) is 0 Å².